The lowest BCUT2D eigenvalue weighted by molar-refractivity contribution is 0.620. The van der Waals surface area contributed by atoms with E-state index in [1.807, 2.05) is 0 Å². The normalized spacial score (nSPS) is 9.89. The van der Waals surface area contributed by atoms with E-state index in [-0.39, 0.29) is 17.1 Å². The molecule has 2 nitrogen and oxygen atoms in total. The van der Waals surface area contributed by atoms with Crippen LogP contribution in [0.25, 0.3) is 0 Å². The van der Waals surface area contributed by atoms with Crippen molar-refractivity contribution in [1.29, 1.82) is 5.26 Å². The molecule has 0 amide bonds. The molecular formula is C14H10F2N2. The third-order valence-electron chi connectivity index (χ3n) is 2.56. The van der Waals surface area contributed by atoms with Crippen molar-refractivity contribution in [2.45, 2.75) is 6.92 Å². The fraction of sp³-hybridized carbons (Fsp3) is 0.0714. The maximum absolute atomic E-state index is 13.7. The van der Waals surface area contributed by atoms with Crippen molar-refractivity contribution in [3.05, 3.63) is 59.2 Å². The maximum Gasteiger partial charge on any atom is 0.149 e. The highest BCUT2D eigenvalue weighted by atomic mass is 19.1. The van der Waals surface area contributed by atoms with Crippen molar-refractivity contribution in [1.82, 2.24) is 0 Å². The molecule has 0 aliphatic carbocycles. The predicted molar refractivity (Wildman–Crippen MR) is 65.5 cm³/mol. The quantitative estimate of drug-likeness (QED) is 0.869. The van der Waals surface area contributed by atoms with Crippen LogP contribution >= 0.6 is 0 Å². The number of halogens is 2. The van der Waals surface area contributed by atoms with Crippen LogP contribution in [0, 0.1) is 29.9 Å². The van der Waals surface area contributed by atoms with Gasteiger partial charge in [0, 0.05) is 5.69 Å². The average Bonchev–Trinajstić information content (AvgIpc) is 2.35. The van der Waals surface area contributed by atoms with Crippen LogP contribution in [0.2, 0.25) is 0 Å². The number of benzene rings is 2. The summed E-state index contributed by atoms with van der Waals surface area (Å²) >= 11 is 0. The summed E-state index contributed by atoms with van der Waals surface area (Å²) in [6.45, 7) is 1.65. The van der Waals surface area contributed by atoms with Crippen LogP contribution in [0.4, 0.5) is 20.2 Å². The zero-order valence-electron chi connectivity index (χ0n) is 9.67. The third kappa shape index (κ3) is 2.30. The lowest BCUT2D eigenvalue weighted by atomic mass is 10.1. The van der Waals surface area contributed by atoms with Crippen molar-refractivity contribution in [3.63, 3.8) is 0 Å². The molecule has 0 radical (unpaired) electrons. The molecule has 0 fully saturated rings. The highest BCUT2D eigenvalue weighted by Gasteiger charge is 2.07. The summed E-state index contributed by atoms with van der Waals surface area (Å²) in [5.74, 6) is -1.00. The number of hydrogen-bond donors (Lipinski definition) is 1. The van der Waals surface area contributed by atoms with Crippen molar-refractivity contribution >= 4 is 11.4 Å². The molecule has 0 aliphatic heterocycles. The second-order valence-electron chi connectivity index (χ2n) is 3.87. The van der Waals surface area contributed by atoms with Gasteiger partial charge in [-0.25, -0.2) is 8.78 Å². The Morgan fingerprint density at radius 1 is 1.17 bits per heavy atom. The molecule has 0 atom stereocenters. The van der Waals surface area contributed by atoms with Crippen molar-refractivity contribution in [3.8, 4) is 6.07 Å². The smallest absolute Gasteiger partial charge is 0.149 e. The SMILES string of the molecule is Cc1cccc(Nc2ccc(C#N)c(F)c2)c1F. The van der Waals surface area contributed by atoms with Gasteiger partial charge in [-0.3, -0.25) is 0 Å². The van der Waals surface area contributed by atoms with Crippen molar-refractivity contribution in [2.24, 2.45) is 0 Å². The minimum absolute atomic E-state index is 0.0368. The number of anilines is 2. The number of aryl methyl sites for hydroxylation is 1. The van der Waals surface area contributed by atoms with Crippen LogP contribution in [-0.2, 0) is 0 Å². The highest BCUT2D eigenvalue weighted by molar-refractivity contribution is 5.62. The first kappa shape index (κ1) is 12.1. The number of nitriles is 1. The van der Waals surface area contributed by atoms with E-state index in [2.05, 4.69) is 5.32 Å². The number of nitrogens with one attached hydrogen (secondary N) is 1. The highest BCUT2D eigenvalue weighted by Crippen LogP contribution is 2.23. The molecule has 0 bridgehead atoms. The molecule has 2 aromatic rings. The van der Waals surface area contributed by atoms with Crippen LogP contribution in [0.3, 0.4) is 0 Å². The summed E-state index contributed by atoms with van der Waals surface area (Å²) < 4.78 is 27.1. The van der Waals surface area contributed by atoms with E-state index >= 15 is 0 Å². The summed E-state index contributed by atoms with van der Waals surface area (Å²) in [7, 11) is 0. The average molecular weight is 244 g/mol. The molecule has 0 aliphatic rings. The Kier molecular flexibility index (Phi) is 3.24. The Morgan fingerprint density at radius 2 is 1.94 bits per heavy atom. The van der Waals surface area contributed by atoms with Gasteiger partial charge in [-0.1, -0.05) is 12.1 Å². The van der Waals surface area contributed by atoms with Crippen molar-refractivity contribution < 1.29 is 8.78 Å². The van der Waals surface area contributed by atoms with Crippen molar-refractivity contribution in [2.75, 3.05) is 5.32 Å². The largest absolute Gasteiger partial charge is 0.353 e. The molecule has 0 saturated carbocycles. The fourth-order valence-electron chi connectivity index (χ4n) is 1.58. The van der Waals surface area contributed by atoms with E-state index in [0.29, 0.717) is 11.3 Å². The Balaban J connectivity index is 2.32. The topological polar surface area (TPSA) is 35.8 Å². The molecule has 2 aromatic carbocycles. The van der Waals surface area contributed by atoms with Gasteiger partial charge in [0.1, 0.15) is 17.7 Å². The Bertz CT molecular complexity index is 630. The van der Waals surface area contributed by atoms with E-state index in [1.165, 1.54) is 18.2 Å². The van der Waals surface area contributed by atoms with E-state index in [1.54, 1.807) is 31.2 Å². The van der Waals surface area contributed by atoms with E-state index < -0.39 is 5.82 Å². The van der Waals surface area contributed by atoms with E-state index in [0.717, 1.165) is 0 Å². The van der Waals surface area contributed by atoms with Gasteiger partial charge in [-0.15, -0.1) is 0 Å². The first-order valence-electron chi connectivity index (χ1n) is 5.33. The second-order valence-corrected chi connectivity index (χ2v) is 3.87. The Labute approximate surface area is 103 Å². The molecule has 18 heavy (non-hydrogen) atoms. The predicted octanol–water partition coefficient (Wildman–Crippen LogP) is 3.89. The van der Waals surface area contributed by atoms with Crippen LogP contribution < -0.4 is 5.32 Å². The molecule has 2 rings (SSSR count). The van der Waals surface area contributed by atoms with Crippen LogP contribution in [0.15, 0.2) is 36.4 Å². The maximum atomic E-state index is 13.7. The van der Waals surface area contributed by atoms with Crippen LogP contribution in [-0.4, -0.2) is 0 Å². The summed E-state index contributed by atoms with van der Waals surface area (Å²) in [5.41, 5.74) is 1.15. The Hall–Kier alpha value is -2.41. The summed E-state index contributed by atoms with van der Waals surface area (Å²) in [6, 6.07) is 10.7. The van der Waals surface area contributed by atoms with Crippen LogP contribution in [0.5, 0.6) is 0 Å². The van der Waals surface area contributed by atoms with Gasteiger partial charge >= 0.3 is 0 Å². The molecule has 0 heterocycles. The fourth-order valence-corrected chi connectivity index (χ4v) is 1.58. The first-order chi connectivity index (χ1) is 8.61. The zero-order chi connectivity index (χ0) is 13.1. The summed E-state index contributed by atoms with van der Waals surface area (Å²) in [5, 5.41) is 11.4. The van der Waals surface area contributed by atoms with Gasteiger partial charge in [0.15, 0.2) is 0 Å². The summed E-state index contributed by atoms with van der Waals surface area (Å²) in [6.07, 6.45) is 0. The molecule has 90 valence electrons. The number of nitrogens with zero attached hydrogens (tertiary/aromatic N) is 1. The molecule has 0 aromatic heterocycles. The minimum atomic E-state index is -0.629. The lowest BCUT2D eigenvalue weighted by Crippen LogP contribution is -1.96. The second kappa shape index (κ2) is 4.84. The number of hydrogen-bond acceptors (Lipinski definition) is 2. The van der Waals surface area contributed by atoms with Gasteiger partial charge in [-0.2, -0.15) is 5.26 Å². The van der Waals surface area contributed by atoms with Gasteiger partial charge in [0.05, 0.1) is 11.3 Å². The monoisotopic (exact) mass is 244 g/mol. The van der Waals surface area contributed by atoms with Gasteiger partial charge in [0.25, 0.3) is 0 Å². The van der Waals surface area contributed by atoms with Gasteiger partial charge < -0.3 is 5.32 Å². The number of rotatable bonds is 2. The minimum Gasteiger partial charge on any atom is -0.353 e. The molecule has 0 saturated heterocycles. The molecule has 0 unspecified atom stereocenters. The van der Waals surface area contributed by atoms with Crippen LogP contribution in [0.1, 0.15) is 11.1 Å². The molecule has 1 N–H and O–H groups in total. The molecular weight excluding hydrogens is 234 g/mol. The lowest BCUT2D eigenvalue weighted by Gasteiger charge is -2.09. The third-order valence-corrected chi connectivity index (χ3v) is 2.56. The van der Waals surface area contributed by atoms with Gasteiger partial charge in [0.2, 0.25) is 0 Å². The standard InChI is InChI=1S/C14H10F2N2/c1-9-3-2-4-13(14(9)16)18-11-6-5-10(8-17)12(15)7-11/h2-7,18H,1H3. The van der Waals surface area contributed by atoms with E-state index in [4.69, 9.17) is 5.26 Å². The first-order valence-corrected chi connectivity index (χ1v) is 5.33. The summed E-state index contributed by atoms with van der Waals surface area (Å²) in [4.78, 5) is 0. The van der Waals surface area contributed by atoms with E-state index in [9.17, 15) is 8.78 Å². The van der Waals surface area contributed by atoms with Gasteiger partial charge in [-0.05, 0) is 36.8 Å². The molecule has 4 heteroatoms. The molecule has 0 spiro atoms. The Morgan fingerprint density at radius 3 is 2.61 bits per heavy atom. The zero-order valence-corrected chi connectivity index (χ0v) is 9.67.